The van der Waals surface area contributed by atoms with Gasteiger partial charge in [0.2, 0.25) is 0 Å². The first-order chi connectivity index (χ1) is 17.8. The highest BCUT2D eigenvalue weighted by Gasteiger charge is 2.58. The minimum absolute atomic E-state index is 0.0657. The number of fused-ring (bicyclic) bond motifs is 2. The van der Waals surface area contributed by atoms with E-state index in [1.807, 2.05) is 29.7 Å². The predicted octanol–water partition coefficient (Wildman–Crippen LogP) is 2.66. The van der Waals surface area contributed by atoms with Gasteiger partial charge in [0.15, 0.2) is 0 Å². The number of hydroxylamine groups is 1. The Kier molecular flexibility index (Phi) is 10.6. The van der Waals surface area contributed by atoms with Crippen molar-refractivity contribution in [2.75, 3.05) is 33.4 Å². The summed E-state index contributed by atoms with van der Waals surface area (Å²) in [5.41, 5.74) is 2.66. The largest absolute Gasteiger partial charge is 0.483 e. The van der Waals surface area contributed by atoms with Gasteiger partial charge in [0, 0.05) is 37.8 Å². The van der Waals surface area contributed by atoms with Crippen molar-refractivity contribution in [2.45, 2.75) is 42.2 Å². The number of likely N-dealkylation sites (tertiary alicyclic amines) is 1. The molecule has 0 saturated carbocycles. The molecule has 0 aliphatic carbocycles. The van der Waals surface area contributed by atoms with Crippen molar-refractivity contribution in [3.63, 3.8) is 0 Å². The number of halogens is 2. The number of aryl methyl sites for hydroxylation is 2. The minimum atomic E-state index is -1.56. The van der Waals surface area contributed by atoms with Gasteiger partial charge in [-0.15, -0.1) is 0 Å². The number of nitrogens with zero attached hydrogens (tertiary/aromatic N) is 2. The van der Waals surface area contributed by atoms with E-state index in [-0.39, 0.29) is 18.3 Å². The van der Waals surface area contributed by atoms with Crippen LogP contribution in [0, 0.1) is 5.82 Å². The number of nitrogens with one attached hydrogen (secondary N) is 1. The smallest absolute Gasteiger partial charge is 0.290 e. The molecule has 3 unspecified atom stereocenters. The summed E-state index contributed by atoms with van der Waals surface area (Å²) in [5.74, 6) is -0.889. The van der Waals surface area contributed by atoms with Crippen LogP contribution in [0.3, 0.4) is 0 Å². The number of ether oxygens (including phenoxy) is 1. The molecule has 2 heterocycles. The molecule has 2 aliphatic heterocycles. The zero-order chi connectivity index (χ0) is 27.0. The van der Waals surface area contributed by atoms with Crippen LogP contribution in [0.15, 0.2) is 47.4 Å². The van der Waals surface area contributed by atoms with E-state index < -0.39 is 22.4 Å². The molecule has 2 aromatic rings. The lowest BCUT2D eigenvalue weighted by Crippen LogP contribution is -2.67. The molecule has 202 valence electrons. The summed E-state index contributed by atoms with van der Waals surface area (Å²) in [4.78, 5) is 23.9. The number of benzene rings is 2. The van der Waals surface area contributed by atoms with Gasteiger partial charge in [0.1, 0.15) is 22.3 Å². The summed E-state index contributed by atoms with van der Waals surface area (Å²) in [5, 5.41) is 16.8. The van der Waals surface area contributed by atoms with Crippen LogP contribution in [-0.4, -0.2) is 81.0 Å². The molecule has 0 radical (unpaired) electrons. The molecule has 4 rings (SSSR count). The molecule has 3 atom stereocenters. The van der Waals surface area contributed by atoms with Gasteiger partial charge in [-0.05, 0) is 61.1 Å². The molecule has 37 heavy (non-hydrogen) atoms. The van der Waals surface area contributed by atoms with Crippen LogP contribution in [0.5, 0.6) is 0 Å². The molecule has 0 spiro atoms. The highest BCUT2D eigenvalue weighted by Crippen LogP contribution is 2.42. The third kappa shape index (κ3) is 6.73. The highest BCUT2D eigenvalue weighted by atomic mass is 35.5. The van der Waals surface area contributed by atoms with Crippen molar-refractivity contribution < 1.29 is 33.2 Å². The molecule has 3 N–H and O–H groups in total. The SMILES string of the molecule is COCCN1CC2CCC(C(=O)NO)(C1)N2S(=O)c1ccc(CCc2ccc(F)cc2Cl)cc1.O=CO. The number of methoxy groups -OCH3 is 1. The van der Waals surface area contributed by atoms with Crippen molar-refractivity contribution >= 4 is 35.0 Å². The minimum Gasteiger partial charge on any atom is -0.483 e. The number of carboxylic acid groups (broad SMARTS) is 1. The fraction of sp³-hybridized carbons (Fsp3) is 0.440. The van der Waals surface area contributed by atoms with Crippen molar-refractivity contribution in [1.29, 1.82) is 0 Å². The number of carbonyl (C=O) groups excluding carboxylic acids is 1. The van der Waals surface area contributed by atoms with Crippen LogP contribution in [-0.2, 0) is 38.2 Å². The lowest BCUT2D eigenvalue weighted by atomic mass is 9.96. The Labute approximate surface area is 222 Å². The van der Waals surface area contributed by atoms with Gasteiger partial charge in [0.25, 0.3) is 12.4 Å². The van der Waals surface area contributed by atoms with E-state index >= 15 is 0 Å². The second kappa shape index (κ2) is 13.4. The number of carbonyl (C=O) groups is 2. The van der Waals surface area contributed by atoms with Crippen LogP contribution < -0.4 is 5.48 Å². The molecule has 9 nitrogen and oxygen atoms in total. The second-order valence-corrected chi connectivity index (χ2v) is 10.7. The number of rotatable bonds is 9. The van der Waals surface area contributed by atoms with Crippen molar-refractivity contribution in [3.05, 3.63) is 64.4 Å². The summed E-state index contributed by atoms with van der Waals surface area (Å²) in [6, 6.07) is 11.8. The first-order valence-electron chi connectivity index (χ1n) is 11.8. The third-order valence-electron chi connectivity index (χ3n) is 6.74. The zero-order valence-electron chi connectivity index (χ0n) is 20.4. The van der Waals surface area contributed by atoms with E-state index in [1.54, 1.807) is 17.5 Å². The number of hydrogen-bond acceptors (Lipinski definition) is 6. The van der Waals surface area contributed by atoms with Crippen LogP contribution in [0.4, 0.5) is 4.39 Å². The molecule has 2 fully saturated rings. The van der Waals surface area contributed by atoms with Crippen molar-refractivity contribution in [1.82, 2.24) is 14.7 Å². The molecule has 2 aromatic carbocycles. The first kappa shape index (κ1) is 29.2. The van der Waals surface area contributed by atoms with E-state index in [0.717, 1.165) is 17.5 Å². The summed E-state index contributed by atoms with van der Waals surface area (Å²) in [6.07, 6.45) is 2.61. The zero-order valence-corrected chi connectivity index (χ0v) is 22.0. The van der Waals surface area contributed by atoms with E-state index in [2.05, 4.69) is 4.90 Å². The van der Waals surface area contributed by atoms with Gasteiger partial charge >= 0.3 is 0 Å². The third-order valence-corrected chi connectivity index (χ3v) is 8.77. The van der Waals surface area contributed by atoms with Crippen LogP contribution in [0.2, 0.25) is 5.02 Å². The van der Waals surface area contributed by atoms with Gasteiger partial charge in [0.05, 0.1) is 11.5 Å². The Hall–Kier alpha value is -2.41. The lowest BCUT2D eigenvalue weighted by Gasteiger charge is -2.46. The summed E-state index contributed by atoms with van der Waals surface area (Å²) < 4.78 is 33.9. The molecule has 2 bridgehead atoms. The summed E-state index contributed by atoms with van der Waals surface area (Å²) in [7, 11) is 0.0695. The van der Waals surface area contributed by atoms with Crippen molar-refractivity contribution in [3.8, 4) is 0 Å². The van der Waals surface area contributed by atoms with Gasteiger partial charge in [-0.1, -0.05) is 29.8 Å². The lowest BCUT2D eigenvalue weighted by molar-refractivity contribution is -0.141. The Morgan fingerprint density at radius 3 is 2.62 bits per heavy atom. The van der Waals surface area contributed by atoms with E-state index in [4.69, 9.17) is 26.2 Å². The average molecular weight is 556 g/mol. The summed E-state index contributed by atoms with van der Waals surface area (Å²) in [6.45, 7) is 2.02. The maximum atomic E-state index is 13.7. The van der Waals surface area contributed by atoms with Crippen LogP contribution in [0.1, 0.15) is 24.0 Å². The molecule has 1 amide bonds. The average Bonchev–Trinajstić information content (AvgIpc) is 3.14. The maximum absolute atomic E-state index is 13.7. The quantitative estimate of drug-likeness (QED) is 0.247. The normalized spacial score (nSPS) is 22.1. The maximum Gasteiger partial charge on any atom is 0.290 e. The standard InChI is InChI=1S/C24H29ClFN3O4S.CH2O2/c1-33-13-12-28-15-20-10-11-24(16-28,23(30)27-31)29(20)34(32)21-8-3-17(4-9-21)2-5-18-6-7-19(26)14-22(18)25;2-1-3/h3-4,6-9,14,20,31H,2,5,10-13,15-16H2,1H3,(H,27,30);1H,(H,2,3). The Morgan fingerprint density at radius 1 is 1.30 bits per heavy atom. The Balaban J connectivity index is 0.00000121. The molecule has 2 saturated heterocycles. The van der Waals surface area contributed by atoms with Crippen LogP contribution >= 0.6 is 11.6 Å². The number of hydrogen-bond donors (Lipinski definition) is 3. The number of piperazine rings is 1. The van der Waals surface area contributed by atoms with Crippen LogP contribution in [0.25, 0.3) is 0 Å². The molecule has 12 heteroatoms. The molecule has 0 aromatic heterocycles. The topological polar surface area (TPSA) is 119 Å². The fourth-order valence-corrected chi connectivity index (χ4v) is 6.84. The van der Waals surface area contributed by atoms with E-state index in [9.17, 15) is 18.6 Å². The van der Waals surface area contributed by atoms with Gasteiger partial charge in [-0.25, -0.2) is 14.1 Å². The van der Waals surface area contributed by atoms with Gasteiger partial charge in [-0.2, -0.15) is 4.31 Å². The molecule has 2 aliphatic rings. The molecular formula is C25H31ClFN3O6S. The Morgan fingerprint density at radius 2 is 2.00 bits per heavy atom. The first-order valence-corrected chi connectivity index (χ1v) is 13.3. The van der Waals surface area contributed by atoms with E-state index in [0.29, 0.717) is 55.4 Å². The number of amides is 1. The molecular weight excluding hydrogens is 525 g/mol. The highest BCUT2D eigenvalue weighted by molar-refractivity contribution is 7.82. The van der Waals surface area contributed by atoms with Gasteiger partial charge in [-0.3, -0.25) is 19.7 Å². The van der Waals surface area contributed by atoms with Gasteiger partial charge < -0.3 is 9.84 Å². The predicted molar refractivity (Wildman–Crippen MR) is 136 cm³/mol. The monoisotopic (exact) mass is 555 g/mol. The second-order valence-electron chi connectivity index (χ2n) is 8.95. The Bertz CT molecular complexity index is 1110. The summed E-state index contributed by atoms with van der Waals surface area (Å²) >= 11 is 6.12. The van der Waals surface area contributed by atoms with E-state index in [1.165, 1.54) is 12.1 Å². The van der Waals surface area contributed by atoms with Crippen molar-refractivity contribution in [2.24, 2.45) is 0 Å². The fourth-order valence-electron chi connectivity index (χ4n) is 4.99.